The van der Waals surface area contributed by atoms with Gasteiger partial charge in [0.15, 0.2) is 0 Å². The number of alkyl halides is 3. The summed E-state index contributed by atoms with van der Waals surface area (Å²) in [5.74, 6) is -0.339. The molecule has 2 heterocycles. The number of hydrogen-bond donors (Lipinski definition) is 1. The third kappa shape index (κ3) is 3.03. The molecule has 120 valence electrons. The number of fused-ring (bicyclic) bond motifs is 1. The molecule has 0 aliphatic rings. The van der Waals surface area contributed by atoms with E-state index in [9.17, 15) is 13.2 Å². The molecule has 0 unspecified atom stereocenters. The highest BCUT2D eigenvalue weighted by Gasteiger charge is 2.36. The summed E-state index contributed by atoms with van der Waals surface area (Å²) in [6, 6.07) is 8.53. The van der Waals surface area contributed by atoms with E-state index >= 15 is 0 Å². The van der Waals surface area contributed by atoms with Crippen molar-refractivity contribution in [2.75, 3.05) is 12.4 Å². The molecular formula is C14H12F3N5O. The third-order valence-corrected chi connectivity index (χ3v) is 3.06. The van der Waals surface area contributed by atoms with Gasteiger partial charge in [-0.1, -0.05) is 0 Å². The first-order valence-corrected chi connectivity index (χ1v) is 6.59. The number of halogens is 3. The molecule has 3 rings (SSSR count). The lowest BCUT2D eigenvalue weighted by Crippen LogP contribution is -2.08. The largest absolute Gasteiger partial charge is 0.497 e. The van der Waals surface area contributed by atoms with Crippen molar-refractivity contribution in [1.82, 2.24) is 19.6 Å². The number of nitrogens with one attached hydrogen (secondary N) is 1. The molecule has 0 amide bonds. The number of benzene rings is 1. The lowest BCUT2D eigenvalue weighted by Gasteiger charge is -2.09. The van der Waals surface area contributed by atoms with E-state index in [1.807, 2.05) is 0 Å². The van der Waals surface area contributed by atoms with Gasteiger partial charge in [-0.15, -0.1) is 5.10 Å². The second-order valence-electron chi connectivity index (χ2n) is 4.78. The van der Waals surface area contributed by atoms with Crippen LogP contribution in [0.2, 0.25) is 0 Å². The van der Waals surface area contributed by atoms with Crippen LogP contribution in [0.25, 0.3) is 5.78 Å². The molecule has 0 aliphatic heterocycles. The minimum Gasteiger partial charge on any atom is -0.497 e. The van der Waals surface area contributed by atoms with Crippen LogP contribution in [0, 0.1) is 6.92 Å². The fourth-order valence-electron chi connectivity index (χ4n) is 2.02. The first kappa shape index (κ1) is 15.1. The summed E-state index contributed by atoms with van der Waals surface area (Å²) in [6.45, 7) is 1.67. The molecule has 6 nitrogen and oxygen atoms in total. The van der Waals surface area contributed by atoms with Gasteiger partial charge in [0.25, 0.3) is 11.6 Å². The van der Waals surface area contributed by atoms with Gasteiger partial charge in [0.1, 0.15) is 11.6 Å². The molecule has 0 bridgehead atoms. The lowest BCUT2D eigenvalue weighted by atomic mass is 10.3. The molecule has 0 saturated heterocycles. The van der Waals surface area contributed by atoms with Crippen LogP contribution in [-0.4, -0.2) is 26.7 Å². The molecule has 1 N–H and O–H groups in total. The monoisotopic (exact) mass is 323 g/mol. The van der Waals surface area contributed by atoms with Gasteiger partial charge in [-0.2, -0.15) is 22.7 Å². The van der Waals surface area contributed by atoms with Crippen molar-refractivity contribution in [3.05, 3.63) is 41.9 Å². The van der Waals surface area contributed by atoms with E-state index in [1.54, 1.807) is 44.4 Å². The average Bonchev–Trinajstić information content (AvgIpc) is 2.92. The minimum atomic E-state index is -4.63. The summed E-state index contributed by atoms with van der Waals surface area (Å²) < 4.78 is 44.4. The van der Waals surface area contributed by atoms with Crippen LogP contribution in [-0.2, 0) is 6.18 Å². The second kappa shape index (κ2) is 5.41. The van der Waals surface area contributed by atoms with E-state index in [0.29, 0.717) is 22.9 Å². The Kier molecular flexibility index (Phi) is 3.55. The van der Waals surface area contributed by atoms with Gasteiger partial charge in [0.2, 0.25) is 0 Å². The van der Waals surface area contributed by atoms with Gasteiger partial charge >= 0.3 is 6.18 Å². The van der Waals surface area contributed by atoms with Gasteiger partial charge in [0.05, 0.1) is 7.11 Å². The zero-order valence-corrected chi connectivity index (χ0v) is 12.2. The molecule has 1 aromatic carbocycles. The maximum atomic E-state index is 12.8. The van der Waals surface area contributed by atoms with Crippen LogP contribution >= 0.6 is 0 Å². The van der Waals surface area contributed by atoms with Gasteiger partial charge in [0, 0.05) is 17.4 Å². The maximum Gasteiger partial charge on any atom is 0.453 e. The molecule has 9 heteroatoms. The van der Waals surface area contributed by atoms with E-state index in [-0.39, 0.29) is 5.78 Å². The fraction of sp³-hybridized carbons (Fsp3) is 0.214. The number of methoxy groups -OCH3 is 1. The Morgan fingerprint density at radius 2 is 1.83 bits per heavy atom. The predicted molar refractivity (Wildman–Crippen MR) is 76.8 cm³/mol. The Hall–Kier alpha value is -2.84. The third-order valence-electron chi connectivity index (χ3n) is 3.06. The molecule has 2 aromatic heterocycles. The molecule has 0 fully saturated rings. The number of anilines is 2. The Balaban J connectivity index is 2.03. The Morgan fingerprint density at radius 3 is 2.43 bits per heavy atom. The van der Waals surface area contributed by atoms with Crippen LogP contribution in [0.5, 0.6) is 5.75 Å². The zero-order valence-electron chi connectivity index (χ0n) is 12.2. The molecule has 0 radical (unpaired) electrons. The van der Waals surface area contributed by atoms with Crippen molar-refractivity contribution in [3.63, 3.8) is 0 Å². The van der Waals surface area contributed by atoms with Crippen LogP contribution in [0.3, 0.4) is 0 Å². The van der Waals surface area contributed by atoms with Gasteiger partial charge in [-0.05, 0) is 31.2 Å². The molecule has 0 spiro atoms. The zero-order chi connectivity index (χ0) is 16.6. The predicted octanol–water partition coefficient (Wildman–Crippen LogP) is 3.20. The maximum absolute atomic E-state index is 12.8. The first-order chi connectivity index (χ1) is 10.9. The normalized spacial score (nSPS) is 11.7. The van der Waals surface area contributed by atoms with E-state index in [1.165, 1.54) is 0 Å². The van der Waals surface area contributed by atoms with Crippen LogP contribution in [0.4, 0.5) is 24.7 Å². The summed E-state index contributed by atoms with van der Waals surface area (Å²) >= 11 is 0. The van der Waals surface area contributed by atoms with Crippen LogP contribution in [0.1, 0.15) is 11.5 Å². The summed E-state index contributed by atoms with van der Waals surface area (Å²) in [6.07, 6.45) is -4.63. The summed E-state index contributed by atoms with van der Waals surface area (Å²) in [5, 5.41) is 6.49. The SMILES string of the molecule is COc1ccc(Nc2cc(C)nc3nc(C(F)(F)F)nn23)cc1. The van der Waals surface area contributed by atoms with Gasteiger partial charge in [-0.3, -0.25) is 0 Å². The van der Waals surface area contributed by atoms with E-state index in [4.69, 9.17) is 4.74 Å². The molecular weight excluding hydrogens is 311 g/mol. The molecule has 0 aliphatic carbocycles. The minimum absolute atomic E-state index is 0.117. The van der Waals surface area contributed by atoms with Crippen molar-refractivity contribution in [2.45, 2.75) is 13.1 Å². The fourth-order valence-corrected chi connectivity index (χ4v) is 2.02. The van der Waals surface area contributed by atoms with Crippen LogP contribution in [0.15, 0.2) is 30.3 Å². The van der Waals surface area contributed by atoms with Crippen molar-refractivity contribution < 1.29 is 17.9 Å². The van der Waals surface area contributed by atoms with Crippen molar-refractivity contribution in [1.29, 1.82) is 0 Å². The number of hydrogen-bond acceptors (Lipinski definition) is 5. The Labute approximate surface area is 128 Å². The number of aryl methyl sites for hydroxylation is 1. The van der Waals surface area contributed by atoms with Crippen molar-refractivity contribution in [3.8, 4) is 5.75 Å². The lowest BCUT2D eigenvalue weighted by molar-refractivity contribution is -0.144. The summed E-state index contributed by atoms with van der Waals surface area (Å²) in [4.78, 5) is 7.40. The molecule has 3 aromatic rings. The van der Waals surface area contributed by atoms with E-state index in [0.717, 1.165) is 4.52 Å². The van der Waals surface area contributed by atoms with E-state index < -0.39 is 12.0 Å². The van der Waals surface area contributed by atoms with Crippen molar-refractivity contribution in [2.24, 2.45) is 0 Å². The smallest absolute Gasteiger partial charge is 0.453 e. The highest BCUT2D eigenvalue weighted by Crippen LogP contribution is 2.28. The topological polar surface area (TPSA) is 64.3 Å². The van der Waals surface area contributed by atoms with E-state index in [2.05, 4.69) is 20.4 Å². The standard InChI is InChI=1S/C14H12F3N5O/c1-8-7-11(19-9-3-5-10(23-2)6-4-9)22-13(18-8)20-12(21-22)14(15,16)17/h3-7,19H,1-2H3. The molecule has 0 saturated carbocycles. The number of ether oxygens (including phenoxy) is 1. The van der Waals surface area contributed by atoms with Gasteiger partial charge < -0.3 is 10.1 Å². The first-order valence-electron chi connectivity index (χ1n) is 6.59. The Bertz CT molecular complexity index is 842. The number of aromatic nitrogens is 4. The second-order valence-corrected chi connectivity index (χ2v) is 4.78. The van der Waals surface area contributed by atoms with Gasteiger partial charge in [-0.25, -0.2) is 4.98 Å². The quantitative estimate of drug-likeness (QED) is 0.802. The van der Waals surface area contributed by atoms with Crippen molar-refractivity contribution >= 4 is 17.3 Å². The number of rotatable bonds is 3. The number of nitrogens with zero attached hydrogens (tertiary/aromatic N) is 4. The highest BCUT2D eigenvalue weighted by atomic mass is 19.4. The average molecular weight is 323 g/mol. The Morgan fingerprint density at radius 1 is 1.13 bits per heavy atom. The molecule has 23 heavy (non-hydrogen) atoms. The van der Waals surface area contributed by atoms with Crippen LogP contribution < -0.4 is 10.1 Å². The molecule has 0 atom stereocenters. The summed E-state index contributed by atoms with van der Waals surface area (Å²) in [5.41, 5.74) is 1.19. The summed E-state index contributed by atoms with van der Waals surface area (Å²) in [7, 11) is 1.55. The highest BCUT2D eigenvalue weighted by molar-refractivity contribution is 5.59.